The summed E-state index contributed by atoms with van der Waals surface area (Å²) in [5, 5.41) is 0. The molecule has 4 heteroatoms. The van der Waals surface area contributed by atoms with Crippen LogP contribution in [0.4, 0.5) is 0 Å². The summed E-state index contributed by atoms with van der Waals surface area (Å²) in [7, 11) is -0.502. The van der Waals surface area contributed by atoms with Gasteiger partial charge in [0.1, 0.15) is 0 Å². The Labute approximate surface area is 93.3 Å². The van der Waals surface area contributed by atoms with Crippen molar-refractivity contribution >= 4 is 14.3 Å². The summed E-state index contributed by atoms with van der Waals surface area (Å²) in [6, 6.07) is 0. The number of hydrogen-bond acceptors (Lipinski definition) is 3. The molecule has 0 spiro atoms. The Bertz CT molecular complexity index is 230. The summed E-state index contributed by atoms with van der Waals surface area (Å²) in [6.07, 6.45) is 0.843. The fourth-order valence-corrected chi connectivity index (χ4v) is 8.27. The van der Waals surface area contributed by atoms with Gasteiger partial charge in [-0.1, -0.05) is 27.7 Å². The molecule has 1 atom stereocenters. The fraction of sp³-hybridized carbons (Fsp3) is 0.909. The molecule has 0 amide bonds. The molecule has 1 aliphatic heterocycles. The third-order valence-corrected chi connectivity index (χ3v) is 9.52. The van der Waals surface area contributed by atoms with Crippen LogP contribution in [0.2, 0.25) is 16.6 Å². The molecule has 1 heterocycles. The van der Waals surface area contributed by atoms with E-state index in [1.807, 2.05) is 0 Å². The number of methoxy groups -OCH3 is 1. The maximum atomic E-state index is 11.8. The van der Waals surface area contributed by atoms with Crippen LogP contribution in [-0.2, 0) is 14.0 Å². The molecule has 0 saturated carbocycles. The largest absolute Gasteiger partial charge is 0.469 e. The van der Waals surface area contributed by atoms with Crippen molar-refractivity contribution in [2.45, 2.75) is 50.7 Å². The number of carbonyl (C=O) groups is 1. The molecule has 1 saturated heterocycles. The molecule has 0 aromatic heterocycles. The predicted octanol–water partition coefficient (Wildman–Crippen LogP) is 2.72. The van der Waals surface area contributed by atoms with E-state index in [1.54, 1.807) is 0 Å². The van der Waals surface area contributed by atoms with Gasteiger partial charge in [-0.05, 0) is 17.5 Å². The highest BCUT2D eigenvalue weighted by atomic mass is 28.4. The lowest BCUT2D eigenvalue weighted by Gasteiger charge is -2.37. The standard InChI is InChI=1S/C11H22O3Si/c1-8(2)15(9(3)4)10(6-7-14-15)11(12)13-5/h8-10H,6-7H2,1-5H3/t10-/m1/s1. The van der Waals surface area contributed by atoms with Crippen LogP contribution in [0, 0.1) is 0 Å². The molecule has 1 rings (SSSR count). The second-order valence-electron chi connectivity index (χ2n) is 4.88. The van der Waals surface area contributed by atoms with E-state index in [9.17, 15) is 4.79 Å². The Morgan fingerprint density at radius 2 is 1.87 bits per heavy atom. The first-order valence-electron chi connectivity index (χ1n) is 5.68. The second kappa shape index (κ2) is 4.66. The van der Waals surface area contributed by atoms with E-state index in [1.165, 1.54) is 7.11 Å². The van der Waals surface area contributed by atoms with Crippen molar-refractivity contribution in [3.63, 3.8) is 0 Å². The van der Waals surface area contributed by atoms with Crippen LogP contribution in [0.3, 0.4) is 0 Å². The smallest absolute Gasteiger partial charge is 0.308 e. The highest BCUT2D eigenvalue weighted by molar-refractivity contribution is 6.81. The van der Waals surface area contributed by atoms with E-state index < -0.39 is 8.32 Å². The van der Waals surface area contributed by atoms with Crippen LogP contribution in [0.25, 0.3) is 0 Å². The molecule has 0 N–H and O–H groups in total. The molecule has 1 aliphatic rings. The molecule has 0 bridgehead atoms. The third kappa shape index (κ3) is 1.97. The lowest BCUT2D eigenvalue weighted by molar-refractivity contribution is -0.140. The first-order valence-corrected chi connectivity index (χ1v) is 7.82. The molecule has 1 fully saturated rings. The van der Waals surface area contributed by atoms with Gasteiger partial charge in [0.2, 0.25) is 8.32 Å². The zero-order valence-corrected chi connectivity index (χ0v) is 11.4. The van der Waals surface area contributed by atoms with Gasteiger partial charge in [-0.25, -0.2) is 0 Å². The normalized spacial score (nSPS) is 24.9. The van der Waals surface area contributed by atoms with Gasteiger partial charge in [-0.15, -0.1) is 0 Å². The molecular formula is C11H22O3Si. The van der Waals surface area contributed by atoms with Gasteiger partial charge in [0, 0.05) is 6.61 Å². The number of hydrogen-bond donors (Lipinski definition) is 0. The summed E-state index contributed by atoms with van der Waals surface area (Å²) in [5.74, 6) is -0.0680. The zero-order valence-electron chi connectivity index (χ0n) is 10.4. The van der Waals surface area contributed by atoms with Crippen molar-refractivity contribution in [1.29, 1.82) is 0 Å². The van der Waals surface area contributed by atoms with E-state index in [4.69, 9.17) is 9.16 Å². The van der Waals surface area contributed by atoms with Gasteiger partial charge in [0.25, 0.3) is 0 Å². The minimum atomic E-state index is -1.98. The summed E-state index contributed by atoms with van der Waals surface area (Å²) < 4.78 is 10.9. The van der Waals surface area contributed by atoms with Gasteiger partial charge in [0.15, 0.2) is 0 Å². The molecule has 0 aliphatic carbocycles. The van der Waals surface area contributed by atoms with Crippen LogP contribution in [0.1, 0.15) is 34.1 Å². The lowest BCUT2D eigenvalue weighted by atomic mass is 10.3. The molecular weight excluding hydrogens is 208 g/mol. The van der Waals surface area contributed by atoms with E-state index in [2.05, 4.69) is 27.7 Å². The van der Waals surface area contributed by atoms with Gasteiger partial charge in [0.05, 0.1) is 12.7 Å². The topological polar surface area (TPSA) is 35.5 Å². The summed E-state index contributed by atoms with van der Waals surface area (Å²) in [5.41, 5.74) is 0.954. The molecule has 0 aromatic carbocycles. The van der Waals surface area contributed by atoms with Crippen LogP contribution in [0.15, 0.2) is 0 Å². The van der Waals surface area contributed by atoms with Gasteiger partial charge in [-0.3, -0.25) is 4.79 Å². The van der Waals surface area contributed by atoms with Crippen molar-refractivity contribution < 1.29 is 14.0 Å². The molecule has 0 radical (unpaired) electrons. The van der Waals surface area contributed by atoms with Crippen molar-refractivity contribution in [3.8, 4) is 0 Å². The highest BCUT2D eigenvalue weighted by Crippen LogP contribution is 2.48. The van der Waals surface area contributed by atoms with Crippen molar-refractivity contribution in [3.05, 3.63) is 0 Å². The Hall–Kier alpha value is -0.353. The highest BCUT2D eigenvalue weighted by Gasteiger charge is 2.55. The quantitative estimate of drug-likeness (QED) is 0.552. The van der Waals surface area contributed by atoms with Crippen molar-refractivity contribution in [1.82, 2.24) is 0 Å². The fourth-order valence-electron chi connectivity index (χ4n) is 2.93. The van der Waals surface area contributed by atoms with Crippen LogP contribution >= 0.6 is 0 Å². The summed E-state index contributed by atoms with van der Waals surface area (Å²) >= 11 is 0. The van der Waals surface area contributed by atoms with Crippen molar-refractivity contribution in [2.75, 3.05) is 13.7 Å². The Morgan fingerprint density at radius 3 is 2.27 bits per heavy atom. The van der Waals surface area contributed by atoms with Gasteiger partial charge < -0.3 is 9.16 Å². The van der Waals surface area contributed by atoms with Crippen LogP contribution < -0.4 is 0 Å². The second-order valence-corrected chi connectivity index (χ2v) is 9.88. The number of esters is 1. The van der Waals surface area contributed by atoms with Gasteiger partial charge >= 0.3 is 5.97 Å². The number of ether oxygens (including phenoxy) is 1. The molecule has 3 nitrogen and oxygen atoms in total. The van der Waals surface area contributed by atoms with Crippen LogP contribution in [-0.4, -0.2) is 28.0 Å². The molecule has 0 unspecified atom stereocenters. The maximum Gasteiger partial charge on any atom is 0.308 e. The predicted molar refractivity (Wildman–Crippen MR) is 62.3 cm³/mol. The average molecular weight is 230 g/mol. The first kappa shape index (κ1) is 12.7. The van der Waals surface area contributed by atoms with E-state index in [0.717, 1.165) is 13.0 Å². The molecule has 15 heavy (non-hydrogen) atoms. The minimum Gasteiger partial charge on any atom is -0.469 e. The third-order valence-electron chi connectivity index (χ3n) is 3.59. The van der Waals surface area contributed by atoms with E-state index in [0.29, 0.717) is 11.1 Å². The van der Waals surface area contributed by atoms with E-state index >= 15 is 0 Å². The Kier molecular flexibility index (Phi) is 3.95. The SMILES string of the molecule is COC(=O)[C@H]1CCO[Si]1(C(C)C)C(C)C. The minimum absolute atomic E-state index is 0.0301. The zero-order chi connectivity index (χ0) is 11.6. The summed E-state index contributed by atoms with van der Waals surface area (Å²) in [6.45, 7) is 9.42. The lowest BCUT2D eigenvalue weighted by Crippen LogP contribution is -2.47. The van der Waals surface area contributed by atoms with Gasteiger partial charge in [-0.2, -0.15) is 0 Å². The number of carbonyl (C=O) groups excluding carboxylic acids is 1. The maximum absolute atomic E-state index is 11.8. The average Bonchev–Trinajstić information content (AvgIpc) is 2.61. The number of rotatable bonds is 3. The van der Waals surface area contributed by atoms with E-state index in [-0.39, 0.29) is 11.5 Å². The van der Waals surface area contributed by atoms with Crippen molar-refractivity contribution in [2.24, 2.45) is 0 Å². The molecule has 0 aromatic rings. The summed E-state index contributed by atoms with van der Waals surface area (Å²) in [4.78, 5) is 11.8. The monoisotopic (exact) mass is 230 g/mol. The molecule has 88 valence electrons. The Morgan fingerprint density at radius 1 is 1.33 bits per heavy atom. The first-order chi connectivity index (χ1) is 6.96. The van der Waals surface area contributed by atoms with Crippen LogP contribution in [0.5, 0.6) is 0 Å². The Balaban J connectivity index is 3.00.